The molecule has 0 aliphatic rings. The van der Waals surface area contributed by atoms with Crippen LogP contribution in [0, 0.1) is 24.0 Å². The lowest BCUT2D eigenvalue weighted by Crippen LogP contribution is -1.93. The summed E-state index contributed by atoms with van der Waals surface area (Å²) < 4.78 is 1.52. The van der Waals surface area contributed by atoms with Gasteiger partial charge in [0.1, 0.15) is 6.20 Å². The molecule has 0 bridgehead atoms. The number of rotatable bonds is 3. The predicted octanol–water partition coefficient (Wildman–Crippen LogP) is 4.07. The molecule has 0 fully saturated rings. The van der Waals surface area contributed by atoms with Crippen molar-refractivity contribution in [2.24, 2.45) is 0 Å². The van der Waals surface area contributed by atoms with Crippen molar-refractivity contribution in [2.45, 2.75) is 23.8 Å². The van der Waals surface area contributed by atoms with E-state index in [0.29, 0.717) is 9.99 Å². The van der Waals surface area contributed by atoms with E-state index in [9.17, 15) is 10.1 Å². The van der Waals surface area contributed by atoms with Crippen LogP contribution in [0.2, 0.25) is 0 Å². The summed E-state index contributed by atoms with van der Waals surface area (Å²) in [7, 11) is 0. The van der Waals surface area contributed by atoms with Gasteiger partial charge in [0.15, 0.2) is 0 Å². The molecule has 0 atom stereocenters. The van der Waals surface area contributed by atoms with Crippen molar-refractivity contribution in [1.29, 1.82) is 0 Å². The van der Waals surface area contributed by atoms with Gasteiger partial charge in [-0.1, -0.05) is 29.2 Å². The number of aromatic nitrogens is 2. The number of hydrogen-bond donors (Lipinski definition) is 0. The van der Waals surface area contributed by atoms with Crippen molar-refractivity contribution >= 4 is 33.9 Å². The van der Waals surface area contributed by atoms with Crippen LogP contribution in [-0.4, -0.2) is 14.3 Å². The highest BCUT2D eigenvalue weighted by molar-refractivity contribution is 7.99. The first-order chi connectivity index (χ1) is 9.56. The average Bonchev–Trinajstić information content (AvgIpc) is 2.93. The molecule has 0 amide bonds. The monoisotopic (exact) mass is 305 g/mol. The number of nitrogens with zero attached hydrogens (tertiary/aromatic N) is 3. The molecular formula is C13H11N3O2S2. The third-order valence-electron chi connectivity index (χ3n) is 3.07. The first-order valence-corrected chi connectivity index (χ1v) is 7.61. The zero-order valence-electron chi connectivity index (χ0n) is 10.9. The minimum atomic E-state index is -0.379. The normalized spacial score (nSPS) is 11.1. The molecule has 0 radical (unpaired) electrons. The van der Waals surface area contributed by atoms with E-state index in [1.807, 2.05) is 32.0 Å². The highest BCUT2D eigenvalue weighted by Gasteiger charge is 2.24. The van der Waals surface area contributed by atoms with Gasteiger partial charge in [0.2, 0.25) is 5.03 Å². The molecule has 7 heteroatoms. The molecule has 0 unspecified atom stereocenters. The molecule has 0 aliphatic heterocycles. The molecule has 2 aromatic heterocycles. The maximum absolute atomic E-state index is 11.2. The van der Waals surface area contributed by atoms with Gasteiger partial charge >= 0.3 is 5.82 Å². The summed E-state index contributed by atoms with van der Waals surface area (Å²) >= 11 is 2.72. The van der Waals surface area contributed by atoms with Crippen LogP contribution in [0.5, 0.6) is 0 Å². The number of fused-ring (bicyclic) bond motifs is 1. The third kappa shape index (κ3) is 2.19. The zero-order valence-corrected chi connectivity index (χ0v) is 12.5. The molecule has 3 rings (SSSR count). The van der Waals surface area contributed by atoms with Crippen LogP contribution in [0.3, 0.4) is 0 Å². The Morgan fingerprint density at radius 2 is 2.15 bits per heavy atom. The summed E-state index contributed by atoms with van der Waals surface area (Å²) in [5.74, 6) is 0.0319. The number of thiazole rings is 1. The van der Waals surface area contributed by atoms with E-state index in [1.165, 1.54) is 38.6 Å². The van der Waals surface area contributed by atoms with Crippen molar-refractivity contribution in [2.75, 3.05) is 0 Å². The Morgan fingerprint density at radius 3 is 2.85 bits per heavy atom. The molecule has 0 saturated heterocycles. The Labute approximate surface area is 123 Å². The highest BCUT2D eigenvalue weighted by Crippen LogP contribution is 2.36. The van der Waals surface area contributed by atoms with E-state index in [-0.39, 0.29) is 10.7 Å². The zero-order chi connectivity index (χ0) is 14.3. The quantitative estimate of drug-likeness (QED) is 0.540. The van der Waals surface area contributed by atoms with Crippen molar-refractivity contribution in [1.82, 2.24) is 9.38 Å². The lowest BCUT2D eigenvalue weighted by Gasteiger charge is -2.03. The average molecular weight is 305 g/mol. The van der Waals surface area contributed by atoms with Gasteiger partial charge in [-0.2, -0.15) is 9.38 Å². The van der Waals surface area contributed by atoms with Crippen LogP contribution in [0.1, 0.15) is 11.1 Å². The first-order valence-electron chi connectivity index (χ1n) is 5.91. The molecule has 0 N–H and O–H groups in total. The fourth-order valence-corrected chi connectivity index (χ4v) is 3.64. The number of aryl methyl sites for hydroxylation is 2. The smallest absolute Gasteiger partial charge is 0.358 e. The van der Waals surface area contributed by atoms with Gasteiger partial charge in [-0.15, -0.1) is 0 Å². The summed E-state index contributed by atoms with van der Waals surface area (Å²) in [6.45, 7) is 4.07. The molecule has 0 aliphatic carbocycles. The van der Waals surface area contributed by atoms with Crippen molar-refractivity contribution in [3.63, 3.8) is 0 Å². The Morgan fingerprint density at radius 1 is 1.35 bits per heavy atom. The Bertz CT molecular complexity index is 807. The van der Waals surface area contributed by atoms with E-state index in [0.717, 1.165) is 4.90 Å². The Balaban J connectivity index is 2.05. The summed E-state index contributed by atoms with van der Waals surface area (Å²) in [5.41, 5.74) is 2.37. The maximum atomic E-state index is 11.2. The minimum Gasteiger partial charge on any atom is -0.358 e. The van der Waals surface area contributed by atoms with Crippen LogP contribution in [0.15, 0.2) is 39.7 Å². The Hall–Kier alpha value is -1.86. The van der Waals surface area contributed by atoms with Crippen molar-refractivity contribution in [3.8, 4) is 0 Å². The van der Waals surface area contributed by atoms with Gasteiger partial charge in [0.25, 0.3) is 4.96 Å². The van der Waals surface area contributed by atoms with Crippen molar-refractivity contribution in [3.05, 3.63) is 51.0 Å². The van der Waals surface area contributed by atoms with Gasteiger partial charge in [-0.05, 0) is 42.0 Å². The van der Waals surface area contributed by atoms with E-state index < -0.39 is 0 Å². The molecule has 1 aromatic carbocycles. The lowest BCUT2D eigenvalue weighted by molar-refractivity contribution is -0.393. The van der Waals surface area contributed by atoms with Gasteiger partial charge in [-0.3, -0.25) is 0 Å². The molecule has 3 aromatic rings. The van der Waals surface area contributed by atoms with Crippen LogP contribution >= 0.6 is 23.1 Å². The largest absolute Gasteiger partial charge is 0.363 e. The number of imidazole rings is 1. The van der Waals surface area contributed by atoms with Gasteiger partial charge < -0.3 is 10.1 Å². The first kappa shape index (κ1) is 13.1. The topological polar surface area (TPSA) is 60.4 Å². The second-order valence-electron chi connectivity index (χ2n) is 4.40. The molecular weight excluding hydrogens is 294 g/mol. The second kappa shape index (κ2) is 4.92. The lowest BCUT2D eigenvalue weighted by atomic mass is 10.1. The maximum Gasteiger partial charge on any atom is 0.363 e. The standard InChI is InChI=1S/C13H11N3O2S2/c1-8-3-4-10(7-9(8)2)20-11-12(16(17)18)15-5-6-19-13(15)14-11/h3-7H,1-2H3. The summed E-state index contributed by atoms with van der Waals surface area (Å²) in [6.07, 6.45) is 1.68. The Kier molecular flexibility index (Phi) is 3.23. The third-order valence-corrected chi connectivity index (χ3v) is 4.79. The van der Waals surface area contributed by atoms with Crippen molar-refractivity contribution < 1.29 is 4.92 Å². The van der Waals surface area contributed by atoms with Gasteiger partial charge in [0, 0.05) is 10.3 Å². The minimum absolute atomic E-state index is 0.0319. The molecule has 20 heavy (non-hydrogen) atoms. The molecule has 0 saturated carbocycles. The molecule has 0 spiro atoms. The second-order valence-corrected chi connectivity index (χ2v) is 6.34. The van der Waals surface area contributed by atoms with Crippen LogP contribution in [0.4, 0.5) is 5.82 Å². The fourth-order valence-electron chi connectivity index (χ4n) is 1.88. The molecule has 5 nitrogen and oxygen atoms in total. The van der Waals surface area contributed by atoms with Crippen LogP contribution < -0.4 is 0 Å². The van der Waals surface area contributed by atoms with E-state index in [1.54, 1.807) is 11.6 Å². The van der Waals surface area contributed by atoms with E-state index >= 15 is 0 Å². The molecule has 102 valence electrons. The predicted molar refractivity (Wildman–Crippen MR) is 79.8 cm³/mol. The van der Waals surface area contributed by atoms with Gasteiger partial charge in [0.05, 0.1) is 0 Å². The van der Waals surface area contributed by atoms with E-state index in [4.69, 9.17) is 0 Å². The number of benzene rings is 1. The number of nitro groups is 1. The summed E-state index contributed by atoms with van der Waals surface area (Å²) in [4.78, 5) is 16.8. The fraction of sp³-hybridized carbons (Fsp3) is 0.154. The molecule has 2 heterocycles. The summed E-state index contributed by atoms with van der Waals surface area (Å²) in [5, 5.41) is 13.5. The van der Waals surface area contributed by atoms with Crippen LogP contribution in [0.25, 0.3) is 4.96 Å². The SMILES string of the molecule is Cc1ccc(Sc2nc3sccn3c2[N+](=O)[O-])cc1C. The summed E-state index contributed by atoms with van der Waals surface area (Å²) in [6, 6.07) is 6.00. The van der Waals surface area contributed by atoms with Crippen LogP contribution in [-0.2, 0) is 0 Å². The van der Waals surface area contributed by atoms with Gasteiger partial charge in [-0.25, -0.2) is 0 Å². The number of hydrogen-bond acceptors (Lipinski definition) is 5. The highest BCUT2D eigenvalue weighted by atomic mass is 32.2. The van der Waals surface area contributed by atoms with E-state index in [2.05, 4.69) is 4.98 Å².